The van der Waals surface area contributed by atoms with E-state index >= 15 is 0 Å². The number of aliphatic hydroxyl groups is 1. The Bertz CT molecular complexity index is 751. The van der Waals surface area contributed by atoms with Crippen molar-refractivity contribution in [2.75, 3.05) is 6.61 Å². The van der Waals surface area contributed by atoms with Gasteiger partial charge in [0.15, 0.2) is 18.6 Å². The van der Waals surface area contributed by atoms with Gasteiger partial charge in [0.25, 0.3) is 0 Å². The molecule has 2 aromatic rings. The third kappa shape index (κ3) is 4.07. The van der Waals surface area contributed by atoms with E-state index in [1.54, 1.807) is 48.5 Å². The Balaban J connectivity index is 1.63. The van der Waals surface area contributed by atoms with Crippen LogP contribution < -0.4 is 0 Å². The zero-order chi connectivity index (χ0) is 18.5. The van der Waals surface area contributed by atoms with Gasteiger partial charge < -0.3 is 19.3 Å². The van der Waals surface area contributed by atoms with Crippen LogP contribution in [0.15, 0.2) is 60.7 Å². The molecule has 0 saturated carbocycles. The van der Waals surface area contributed by atoms with Crippen molar-refractivity contribution < 1.29 is 33.3 Å². The highest BCUT2D eigenvalue weighted by molar-refractivity contribution is 5.90. The minimum atomic E-state index is -1.94. The molecule has 1 fully saturated rings. The van der Waals surface area contributed by atoms with Crippen molar-refractivity contribution in [2.45, 2.75) is 24.7 Å². The molecule has 0 radical (unpaired) electrons. The van der Waals surface area contributed by atoms with E-state index in [4.69, 9.17) is 14.2 Å². The van der Waals surface area contributed by atoms with Crippen molar-refractivity contribution in [2.24, 2.45) is 0 Å². The smallest absolute Gasteiger partial charge is 0.338 e. The highest BCUT2D eigenvalue weighted by Gasteiger charge is 2.47. The van der Waals surface area contributed by atoms with Crippen LogP contribution in [-0.4, -0.2) is 48.3 Å². The van der Waals surface area contributed by atoms with Crippen molar-refractivity contribution in [3.05, 3.63) is 71.8 Å². The molecule has 0 spiro atoms. The van der Waals surface area contributed by atoms with Gasteiger partial charge in [0.2, 0.25) is 0 Å². The number of hydrogen-bond donors (Lipinski definition) is 1. The number of alkyl halides is 1. The molecule has 0 aromatic heterocycles. The van der Waals surface area contributed by atoms with Gasteiger partial charge in [0.1, 0.15) is 12.7 Å². The summed E-state index contributed by atoms with van der Waals surface area (Å²) in [6.07, 6.45) is -6.20. The normalized spacial score (nSPS) is 24.8. The average Bonchev–Trinajstić information content (AvgIpc) is 2.95. The van der Waals surface area contributed by atoms with Crippen LogP contribution in [0.4, 0.5) is 4.39 Å². The summed E-state index contributed by atoms with van der Waals surface area (Å²) in [6, 6.07) is 16.3. The lowest BCUT2D eigenvalue weighted by atomic mass is 10.1. The molecule has 1 heterocycles. The molecule has 1 aliphatic heterocycles. The third-order valence-corrected chi connectivity index (χ3v) is 3.91. The molecule has 0 bridgehead atoms. The van der Waals surface area contributed by atoms with E-state index in [-0.39, 0.29) is 12.2 Å². The van der Waals surface area contributed by atoms with Gasteiger partial charge in [-0.15, -0.1) is 0 Å². The summed E-state index contributed by atoms with van der Waals surface area (Å²) in [6.45, 7) is -0.363. The van der Waals surface area contributed by atoms with Crippen LogP contribution in [0.3, 0.4) is 0 Å². The number of hydrogen-bond acceptors (Lipinski definition) is 6. The summed E-state index contributed by atoms with van der Waals surface area (Å²) >= 11 is 0. The SMILES string of the molecule is O=C(OC[C@H]1O[C@H](O)C(F)[C@H]1OC(=O)c1ccccc1)c1ccccc1. The van der Waals surface area contributed by atoms with Crippen molar-refractivity contribution in [3.8, 4) is 0 Å². The zero-order valence-electron chi connectivity index (χ0n) is 13.7. The Hall–Kier alpha value is -2.77. The fourth-order valence-corrected chi connectivity index (χ4v) is 2.56. The van der Waals surface area contributed by atoms with Crippen molar-refractivity contribution in [3.63, 3.8) is 0 Å². The summed E-state index contributed by atoms with van der Waals surface area (Å²) in [4.78, 5) is 24.1. The van der Waals surface area contributed by atoms with Crippen LogP contribution in [0, 0.1) is 0 Å². The highest BCUT2D eigenvalue weighted by atomic mass is 19.1. The van der Waals surface area contributed by atoms with Crippen LogP contribution >= 0.6 is 0 Å². The molecular weight excluding hydrogens is 343 g/mol. The van der Waals surface area contributed by atoms with E-state index in [1.165, 1.54) is 12.1 Å². The number of ether oxygens (including phenoxy) is 3. The maximum atomic E-state index is 14.2. The molecule has 0 amide bonds. The number of esters is 2. The second-order valence-electron chi connectivity index (χ2n) is 5.71. The largest absolute Gasteiger partial charge is 0.459 e. The zero-order valence-corrected chi connectivity index (χ0v) is 13.7. The van der Waals surface area contributed by atoms with Gasteiger partial charge in [0, 0.05) is 0 Å². The lowest BCUT2D eigenvalue weighted by Gasteiger charge is -2.19. The Labute approximate surface area is 149 Å². The van der Waals surface area contributed by atoms with Crippen molar-refractivity contribution in [1.29, 1.82) is 0 Å². The van der Waals surface area contributed by atoms with E-state index in [9.17, 15) is 19.1 Å². The van der Waals surface area contributed by atoms with Crippen LogP contribution in [0.2, 0.25) is 0 Å². The van der Waals surface area contributed by atoms with Gasteiger partial charge >= 0.3 is 11.9 Å². The second kappa shape index (κ2) is 8.07. The van der Waals surface area contributed by atoms with Crippen molar-refractivity contribution >= 4 is 11.9 Å². The number of rotatable bonds is 5. The number of aliphatic hydroxyl groups excluding tert-OH is 1. The molecule has 6 nitrogen and oxygen atoms in total. The van der Waals surface area contributed by atoms with Crippen LogP contribution in [0.1, 0.15) is 20.7 Å². The quantitative estimate of drug-likeness (QED) is 0.823. The van der Waals surface area contributed by atoms with Crippen LogP contribution in [0.25, 0.3) is 0 Å². The molecule has 26 heavy (non-hydrogen) atoms. The Morgan fingerprint density at radius 2 is 1.50 bits per heavy atom. The lowest BCUT2D eigenvalue weighted by Crippen LogP contribution is -2.37. The molecule has 1 N–H and O–H groups in total. The lowest BCUT2D eigenvalue weighted by molar-refractivity contribution is -0.122. The molecular formula is C19H17FO6. The van der Waals surface area contributed by atoms with Crippen molar-refractivity contribution in [1.82, 2.24) is 0 Å². The third-order valence-electron chi connectivity index (χ3n) is 3.91. The van der Waals surface area contributed by atoms with Gasteiger partial charge in [-0.1, -0.05) is 36.4 Å². The topological polar surface area (TPSA) is 82.1 Å². The molecule has 1 saturated heterocycles. The van der Waals surface area contributed by atoms with E-state index < -0.39 is 36.6 Å². The molecule has 136 valence electrons. The summed E-state index contributed by atoms with van der Waals surface area (Å²) < 4.78 is 29.4. The van der Waals surface area contributed by atoms with E-state index in [2.05, 4.69) is 0 Å². The predicted octanol–water partition coefficient (Wildman–Crippen LogP) is 2.12. The fourth-order valence-electron chi connectivity index (χ4n) is 2.56. The first-order valence-electron chi connectivity index (χ1n) is 8.02. The summed E-state index contributed by atoms with van der Waals surface area (Å²) in [5.41, 5.74) is 0.557. The summed E-state index contributed by atoms with van der Waals surface area (Å²) in [5.74, 6) is -1.38. The van der Waals surface area contributed by atoms with Gasteiger partial charge in [-0.2, -0.15) is 0 Å². The number of carbonyl (C=O) groups is 2. The molecule has 4 atom stereocenters. The standard InChI is InChI=1S/C19H17FO6/c20-15-16(26-18(22)13-9-5-2-6-10-13)14(25-19(15)23)11-24-17(21)12-7-3-1-4-8-12/h1-10,14-16,19,23H,11H2/t14-,15?,16+,19+/m1/s1. The minimum Gasteiger partial charge on any atom is -0.459 e. The van der Waals surface area contributed by atoms with Gasteiger partial charge in [-0.3, -0.25) is 0 Å². The number of carbonyl (C=O) groups excluding carboxylic acids is 2. The number of benzene rings is 2. The maximum Gasteiger partial charge on any atom is 0.338 e. The van der Waals surface area contributed by atoms with Gasteiger partial charge in [-0.25, -0.2) is 14.0 Å². The molecule has 0 aliphatic carbocycles. The summed E-state index contributed by atoms with van der Waals surface area (Å²) in [5, 5.41) is 9.58. The minimum absolute atomic E-state index is 0.237. The van der Waals surface area contributed by atoms with E-state index in [0.717, 1.165) is 0 Å². The Kier molecular flexibility index (Phi) is 5.60. The first-order valence-corrected chi connectivity index (χ1v) is 8.02. The first kappa shape index (κ1) is 18.0. The Morgan fingerprint density at radius 3 is 2.08 bits per heavy atom. The molecule has 1 aliphatic rings. The van der Waals surface area contributed by atoms with Crippen LogP contribution in [-0.2, 0) is 14.2 Å². The van der Waals surface area contributed by atoms with Gasteiger partial charge in [0.05, 0.1) is 11.1 Å². The van der Waals surface area contributed by atoms with Gasteiger partial charge in [-0.05, 0) is 24.3 Å². The summed E-state index contributed by atoms with van der Waals surface area (Å²) in [7, 11) is 0. The molecule has 3 rings (SSSR count). The van der Waals surface area contributed by atoms with E-state index in [0.29, 0.717) is 5.56 Å². The molecule has 1 unspecified atom stereocenters. The number of halogens is 1. The fraction of sp³-hybridized carbons (Fsp3) is 0.263. The predicted molar refractivity (Wildman–Crippen MR) is 88.1 cm³/mol. The molecule has 7 heteroatoms. The highest BCUT2D eigenvalue weighted by Crippen LogP contribution is 2.26. The second-order valence-corrected chi connectivity index (χ2v) is 5.71. The maximum absolute atomic E-state index is 14.2. The first-order chi connectivity index (χ1) is 12.6. The van der Waals surface area contributed by atoms with E-state index in [1.807, 2.05) is 0 Å². The van der Waals surface area contributed by atoms with Crippen LogP contribution in [0.5, 0.6) is 0 Å². The molecule has 2 aromatic carbocycles. The average molecular weight is 360 g/mol. The Morgan fingerprint density at radius 1 is 0.962 bits per heavy atom. The monoisotopic (exact) mass is 360 g/mol.